The molecule has 1 aromatic rings. The summed E-state index contributed by atoms with van der Waals surface area (Å²) in [4.78, 5) is 2.56. The Hall–Kier alpha value is -0.900. The van der Waals surface area contributed by atoms with Crippen molar-refractivity contribution in [2.75, 3.05) is 33.4 Å². The van der Waals surface area contributed by atoms with Crippen molar-refractivity contribution in [3.8, 4) is 0 Å². The molecule has 0 heterocycles. The van der Waals surface area contributed by atoms with Crippen LogP contribution in [0.15, 0.2) is 24.3 Å². The van der Waals surface area contributed by atoms with Crippen LogP contribution in [0.2, 0.25) is 0 Å². The van der Waals surface area contributed by atoms with Gasteiger partial charge in [0, 0.05) is 32.3 Å². The fourth-order valence-corrected chi connectivity index (χ4v) is 3.34. The summed E-state index contributed by atoms with van der Waals surface area (Å²) in [5.41, 5.74) is 9.21. The van der Waals surface area contributed by atoms with Gasteiger partial charge in [-0.25, -0.2) is 0 Å². The highest BCUT2D eigenvalue weighted by Crippen LogP contribution is 2.34. The minimum absolute atomic E-state index is 0.0759. The van der Waals surface area contributed by atoms with E-state index in [0.29, 0.717) is 12.5 Å². The summed E-state index contributed by atoms with van der Waals surface area (Å²) in [6.45, 7) is 8.05. The Morgan fingerprint density at radius 3 is 2.30 bits per heavy atom. The molecular formula is C17H28N2O. The lowest BCUT2D eigenvalue weighted by Gasteiger charge is -2.41. The van der Waals surface area contributed by atoms with Crippen LogP contribution in [-0.2, 0) is 17.6 Å². The number of rotatable bonds is 7. The van der Waals surface area contributed by atoms with E-state index in [2.05, 4.69) is 43.0 Å². The Balaban J connectivity index is 2.20. The van der Waals surface area contributed by atoms with Gasteiger partial charge in [0.25, 0.3) is 0 Å². The highest BCUT2D eigenvalue weighted by molar-refractivity contribution is 5.36. The Bertz CT molecular complexity index is 406. The number of methoxy groups -OCH3 is 1. The maximum Gasteiger partial charge on any atom is 0.0589 e. The number of nitrogens with zero attached hydrogens (tertiary/aromatic N) is 1. The van der Waals surface area contributed by atoms with Gasteiger partial charge in [0.05, 0.1) is 6.61 Å². The minimum Gasteiger partial charge on any atom is -0.383 e. The molecule has 112 valence electrons. The van der Waals surface area contributed by atoms with Crippen molar-refractivity contribution < 1.29 is 4.74 Å². The lowest BCUT2D eigenvalue weighted by molar-refractivity contribution is 0.0555. The van der Waals surface area contributed by atoms with E-state index >= 15 is 0 Å². The summed E-state index contributed by atoms with van der Waals surface area (Å²) in [7, 11) is 1.77. The van der Waals surface area contributed by atoms with Crippen molar-refractivity contribution in [2.45, 2.75) is 32.2 Å². The molecule has 1 aliphatic rings. The number of nitrogens with two attached hydrogens (primary N) is 1. The number of hydrogen-bond donors (Lipinski definition) is 1. The number of ether oxygens (including phenoxy) is 1. The van der Waals surface area contributed by atoms with Gasteiger partial charge in [-0.15, -0.1) is 0 Å². The molecule has 0 atom stereocenters. The van der Waals surface area contributed by atoms with E-state index in [0.717, 1.165) is 32.5 Å². The predicted octanol–water partition coefficient (Wildman–Crippen LogP) is 2.09. The second-order valence-electron chi connectivity index (χ2n) is 6.38. The third-order valence-corrected chi connectivity index (χ3v) is 4.36. The van der Waals surface area contributed by atoms with Crippen LogP contribution in [0.4, 0.5) is 0 Å². The van der Waals surface area contributed by atoms with Gasteiger partial charge < -0.3 is 10.5 Å². The van der Waals surface area contributed by atoms with Crippen molar-refractivity contribution in [1.29, 1.82) is 0 Å². The standard InChI is InChI=1S/C17H28N2O/c1-14(2)12-19(8-9-20-3)17(13-18)10-15-6-4-5-7-16(15)11-17/h4-7,14H,8-13,18H2,1-3H3. The van der Waals surface area contributed by atoms with Crippen molar-refractivity contribution >= 4 is 0 Å². The summed E-state index contributed by atoms with van der Waals surface area (Å²) in [6.07, 6.45) is 2.13. The van der Waals surface area contributed by atoms with Gasteiger partial charge in [0.2, 0.25) is 0 Å². The molecule has 0 saturated heterocycles. The van der Waals surface area contributed by atoms with Crippen LogP contribution in [-0.4, -0.2) is 43.8 Å². The van der Waals surface area contributed by atoms with E-state index in [1.54, 1.807) is 7.11 Å². The van der Waals surface area contributed by atoms with Gasteiger partial charge >= 0.3 is 0 Å². The quantitative estimate of drug-likeness (QED) is 0.829. The molecule has 0 fully saturated rings. The molecule has 0 bridgehead atoms. The van der Waals surface area contributed by atoms with E-state index < -0.39 is 0 Å². The number of benzene rings is 1. The largest absolute Gasteiger partial charge is 0.383 e. The molecule has 0 aromatic heterocycles. The SMILES string of the molecule is COCCN(CC(C)C)C1(CN)Cc2ccccc2C1. The third-order valence-electron chi connectivity index (χ3n) is 4.36. The van der Waals surface area contributed by atoms with Crippen LogP contribution in [0, 0.1) is 5.92 Å². The molecule has 2 rings (SSSR count). The van der Waals surface area contributed by atoms with Crippen molar-refractivity contribution in [1.82, 2.24) is 4.90 Å². The monoisotopic (exact) mass is 276 g/mol. The average Bonchev–Trinajstić information content (AvgIpc) is 2.82. The Labute approximate surface area is 123 Å². The summed E-state index contributed by atoms with van der Waals surface area (Å²) in [5, 5.41) is 0. The molecule has 0 unspecified atom stereocenters. The lowest BCUT2D eigenvalue weighted by Crippen LogP contribution is -2.56. The molecule has 0 saturated carbocycles. The average molecular weight is 276 g/mol. The molecule has 1 aromatic carbocycles. The highest BCUT2D eigenvalue weighted by atomic mass is 16.5. The van der Waals surface area contributed by atoms with Crippen LogP contribution >= 0.6 is 0 Å². The van der Waals surface area contributed by atoms with Crippen molar-refractivity contribution in [2.24, 2.45) is 11.7 Å². The van der Waals surface area contributed by atoms with Gasteiger partial charge in [-0.05, 0) is 29.9 Å². The Morgan fingerprint density at radius 1 is 1.25 bits per heavy atom. The van der Waals surface area contributed by atoms with Crippen LogP contribution in [0.5, 0.6) is 0 Å². The van der Waals surface area contributed by atoms with Gasteiger partial charge in [0.15, 0.2) is 0 Å². The molecule has 0 aliphatic heterocycles. The molecule has 20 heavy (non-hydrogen) atoms. The zero-order valence-corrected chi connectivity index (χ0v) is 13.1. The first kappa shape index (κ1) is 15.5. The second-order valence-corrected chi connectivity index (χ2v) is 6.38. The van der Waals surface area contributed by atoms with Crippen LogP contribution in [0.25, 0.3) is 0 Å². The molecule has 0 radical (unpaired) electrons. The molecule has 3 heteroatoms. The summed E-state index contributed by atoms with van der Waals surface area (Å²) in [6, 6.07) is 8.76. The molecular weight excluding hydrogens is 248 g/mol. The normalized spacial score (nSPS) is 16.9. The summed E-state index contributed by atoms with van der Waals surface area (Å²) < 4.78 is 5.30. The summed E-state index contributed by atoms with van der Waals surface area (Å²) in [5.74, 6) is 0.638. The smallest absolute Gasteiger partial charge is 0.0589 e. The van der Waals surface area contributed by atoms with E-state index in [4.69, 9.17) is 10.5 Å². The fraction of sp³-hybridized carbons (Fsp3) is 0.647. The minimum atomic E-state index is 0.0759. The highest BCUT2D eigenvalue weighted by Gasteiger charge is 2.40. The first-order chi connectivity index (χ1) is 9.61. The molecule has 1 aliphatic carbocycles. The van der Waals surface area contributed by atoms with Crippen LogP contribution < -0.4 is 5.73 Å². The van der Waals surface area contributed by atoms with Crippen LogP contribution in [0.1, 0.15) is 25.0 Å². The lowest BCUT2D eigenvalue weighted by atomic mass is 9.92. The van der Waals surface area contributed by atoms with E-state index in [9.17, 15) is 0 Å². The molecule has 0 spiro atoms. The predicted molar refractivity (Wildman–Crippen MR) is 83.9 cm³/mol. The van der Waals surface area contributed by atoms with E-state index in [1.807, 2.05) is 0 Å². The van der Waals surface area contributed by atoms with Crippen LogP contribution in [0.3, 0.4) is 0 Å². The first-order valence-corrected chi connectivity index (χ1v) is 7.62. The maximum absolute atomic E-state index is 6.21. The second kappa shape index (κ2) is 6.70. The molecule has 0 amide bonds. The third kappa shape index (κ3) is 3.22. The van der Waals surface area contributed by atoms with Crippen molar-refractivity contribution in [3.05, 3.63) is 35.4 Å². The maximum atomic E-state index is 6.21. The van der Waals surface area contributed by atoms with Gasteiger partial charge in [0.1, 0.15) is 0 Å². The number of fused-ring (bicyclic) bond motifs is 1. The fourth-order valence-electron chi connectivity index (χ4n) is 3.34. The number of hydrogen-bond acceptors (Lipinski definition) is 3. The topological polar surface area (TPSA) is 38.5 Å². The van der Waals surface area contributed by atoms with Gasteiger partial charge in [-0.3, -0.25) is 4.90 Å². The zero-order valence-electron chi connectivity index (χ0n) is 13.1. The van der Waals surface area contributed by atoms with E-state index in [1.165, 1.54) is 11.1 Å². The summed E-state index contributed by atoms with van der Waals surface area (Å²) >= 11 is 0. The van der Waals surface area contributed by atoms with Gasteiger partial charge in [-0.1, -0.05) is 38.1 Å². The molecule has 3 nitrogen and oxygen atoms in total. The Morgan fingerprint density at radius 2 is 1.85 bits per heavy atom. The van der Waals surface area contributed by atoms with Crippen molar-refractivity contribution in [3.63, 3.8) is 0 Å². The zero-order chi connectivity index (χ0) is 14.6. The Kier molecular flexibility index (Phi) is 5.19. The van der Waals surface area contributed by atoms with Gasteiger partial charge in [-0.2, -0.15) is 0 Å². The first-order valence-electron chi connectivity index (χ1n) is 7.62. The molecule has 2 N–H and O–H groups in total. The van der Waals surface area contributed by atoms with E-state index in [-0.39, 0.29) is 5.54 Å².